The molecule has 0 spiro atoms. The van der Waals surface area contributed by atoms with E-state index < -0.39 is 11.6 Å². The Labute approximate surface area is 157 Å². The molecule has 1 aromatic carbocycles. The number of hydrogen-bond donors (Lipinski definition) is 0. The third-order valence-corrected chi connectivity index (χ3v) is 5.21. The van der Waals surface area contributed by atoms with Crippen LogP contribution in [0.1, 0.15) is 53.4 Å². The Kier molecular flexibility index (Phi) is 7.22. The summed E-state index contributed by atoms with van der Waals surface area (Å²) in [5, 5.41) is 0. The van der Waals surface area contributed by atoms with Gasteiger partial charge in [0, 0.05) is 3.57 Å². The van der Waals surface area contributed by atoms with Crippen LogP contribution in [-0.2, 0) is 25.6 Å². The second kappa shape index (κ2) is 8.29. The number of carbonyl (C=O) groups excluding carboxylic acids is 2. The minimum Gasteiger partial charge on any atom is -0.465 e. The van der Waals surface area contributed by atoms with Gasteiger partial charge in [0.05, 0.1) is 19.3 Å². The first-order chi connectivity index (χ1) is 11.0. The first-order valence-electron chi connectivity index (χ1n) is 7.65. The number of methoxy groups -OCH3 is 1. The molecule has 0 radical (unpaired) electrons. The lowest BCUT2D eigenvalue weighted by molar-refractivity contribution is -0.160. The van der Waals surface area contributed by atoms with Crippen molar-refractivity contribution in [3.63, 3.8) is 0 Å². The van der Waals surface area contributed by atoms with E-state index in [0.717, 1.165) is 25.8 Å². The maximum atomic E-state index is 12.1. The van der Waals surface area contributed by atoms with Gasteiger partial charge in [0.2, 0.25) is 0 Å². The molecule has 0 saturated heterocycles. The molecular formula is C18H25IO5. The summed E-state index contributed by atoms with van der Waals surface area (Å²) in [4.78, 5) is 23.8. The summed E-state index contributed by atoms with van der Waals surface area (Å²) in [5.74, 6) is -0.774. The summed E-state index contributed by atoms with van der Waals surface area (Å²) >= 11 is 2.21. The highest BCUT2D eigenvalue weighted by Gasteiger charge is 2.22. The predicted octanol–water partition coefficient (Wildman–Crippen LogP) is 3.86. The van der Waals surface area contributed by atoms with Crippen LogP contribution in [0.25, 0.3) is 0 Å². The third-order valence-electron chi connectivity index (χ3n) is 3.59. The molecule has 0 heterocycles. The molecule has 6 heteroatoms. The molecule has 0 saturated carbocycles. The molecule has 0 atom stereocenters. The number of hydrogen-bond acceptors (Lipinski definition) is 5. The van der Waals surface area contributed by atoms with Crippen LogP contribution in [0.2, 0.25) is 0 Å². The molecule has 0 aromatic heterocycles. The fourth-order valence-electron chi connectivity index (χ4n) is 2.47. The molecule has 1 rings (SSSR count). The Bertz CT molecular complexity index is 644. The Morgan fingerprint density at radius 2 is 1.62 bits per heavy atom. The van der Waals surface area contributed by atoms with Gasteiger partial charge in [0.1, 0.15) is 12.2 Å². The molecule has 0 N–H and O–H groups in total. The van der Waals surface area contributed by atoms with E-state index >= 15 is 0 Å². The molecule has 24 heavy (non-hydrogen) atoms. The quantitative estimate of drug-likeness (QED) is 0.506. The molecule has 5 nitrogen and oxygen atoms in total. The van der Waals surface area contributed by atoms with Crippen LogP contribution in [0.4, 0.5) is 0 Å². The molecule has 134 valence electrons. The molecule has 0 fully saturated rings. The molecule has 0 amide bonds. The minimum absolute atomic E-state index is 0.131. The van der Waals surface area contributed by atoms with E-state index in [9.17, 15) is 9.59 Å². The van der Waals surface area contributed by atoms with E-state index in [1.807, 2.05) is 41.5 Å². The standard InChI is InChI=1S/C18H25IO5/c1-10-13(8-23-9-14(20)24-18(4,5)6)11(2)16(19)12(3)15(10)17(21)22-7/h8-9H2,1-7H3. The van der Waals surface area contributed by atoms with Crippen molar-refractivity contribution >= 4 is 34.5 Å². The number of benzene rings is 1. The second-order valence-electron chi connectivity index (χ2n) is 6.61. The van der Waals surface area contributed by atoms with E-state index in [1.54, 1.807) is 0 Å². The largest absolute Gasteiger partial charge is 0.465 e. The van der Waals surface area contributed by atoms with Crippen molar-refractivity contribution in [1.29, 1.82) is 0 Å². The summed E-state index contributed by atoms with van der Waals surface area (Å²) in [6, 6.07) is 0. The van der Waals surface area contributed by atoms with Gasteiger partial charge in [-0.05, 0) is 86.4 Å². The van der Waals surface area contributed by atoms with Gasteiger partial charge in [-0.25, -0.2) is 9.59 Å². The van der Waals surface area contributed by atoms with Crippen LogP contribution in [0.15, 0.2) is 0 Å². The molecule has 0 aliphatic carbocycles. The van der Waals surface area contributed by atoms with Crippen molar-refractivity contribution < 1.29 is 23.8 Å². The Balaban J connectivity index is 2.98. The normalized spacial score (nSPS) is 11.3. The fraction of sp³-hybridized carbons (Fsp3) is 0.556. The minimum atomic E-state index is -0.538. The van der Waals surface area contributed by atoms with Gasteiger partial charge in [-0.1, -0.05) is 0 Å². The van der Waals surface area contributed by atoms with Crippen molar-refractivity contribution in [2.45, 2.75) is 53.8 Å². The smallest absolute Gasteiger partial charge is 0.338 e. The summed E-state index contributed by atoms with van der Waals surface area (Å²) in [7, 11) is 1.37. The van der Waals surface area contributed by atoms with Gasteiger partial charge >= 0.3 is 11.9 Å². The first kappa shape index (κ1) is 20.9. The molecular weight excluding hydrogens is 423 g/mol. The zero-order valence-electron chi connectivity index (χ0n) is 15.3. The van der Waals surface area contributed by atoms with Gasteiger partial charge in [-0.3, -0.25) is 0 Å². The summed E-state index contributed by atoms with van der Waals surface area (Å²) in [5.41, 5.74) is 3.68. The topological polar surface area (TPSA) is 61.8 Å². The average molecular weight is 448 g/mol. The maximum absolute atomic E-state index is 12.1. The Morgan fingerprint density at radius 3 is 2.12 bits per heavy atom. The van der Waals surface area contributed by atoms with Crippen molar-refractivity contribution in [3.8, 4) is 0 Å². The van der Waals surface area contributed by atoms with E-state index in [2.05, 4.69) is 22.6 Å². The van der Waals surface area contributed by atoms with Crippen LogP contribution < -0.4 is 0 Å². The predicted molar refractivity (Wildman–Crippen MR) is 100 cm³/mol. The van der Waals surface area contributed by atoms with Gasteiger partial charge in [-0.2, -0.15) is 0 Å². The second-order valence-corrected chi connectivity index (χ2v) is 7.69. The van der Waals surface area contributed by atoms with Crippen LogP contribution in [0.3, 0.4) is 0 Å². The Morgan fingerprint density at radius 1 is 1.04 bits per heavy atom. The zero-order chi connectivity index (χ0) is 18.7. The van der Waals surface area contributed by atoms with Gasteiger partial charge in [-0.15, -0.1) is 0 Å². The number of esters is 2. The monoisotopic (exact) mass is 448 g/mol. The summed E-state index contributed by atoms with van der Waals surface area (Å²) in [6.45, 7) is 11.3. The van der Waals surface area contributed by atoms with Gasteiger partial charge < -0.3 is 14.2 Å². The number of rotatable bonds is 5. The lowest BCUT2D eigenvalue weighted by Gasteiger charge is -2.20. The van der Waals surface area contributed by atoms with E-state index in [-0.39, 0.29) is 19.2 Å². The molecule has 0 aliphatic rings. The molecule has 0 bridgehead atoms. The Hall–Kier alpha value is -1.15. The molecule has 0 aliphatic heterocycles. The van der Waals surface area contributed by atoms with Crippen LogP contribution in [-0.4, -0.2) is 31.3 Å². The van der Waals surface area contributed by atoms with Crippen molar-refractivity contribution in [2.75, 3.05) is 13.7 Å². The lowest BCUT2D eigenvalue weighted by Crippen LogP contribution is -2.26. The van der Waals surface area contributed by atoms with E-state index in [4.69, 9.17) is 14.2 Å². The van der Waals surface area contributed by atoms with E-state index in [1.165, 1.54) is 7.11 Å². The lowest BCUT2D eigenvalue weighted by atomic mass is 9.94. The highest BCUT2D eigenvalue weighted by molar-refractivity contribution is 14.1. The first-order valence-corrected chi connectivity index (χ1v) is 8.73. The average Bonchev–Trinajstić information content (AvgIpc) is 2.46. The van der Waals surface area contributed by atoms with Crippen LogP contribution in [0.5, 0.6) is 0 Å². The number of ether oxygens (including phenoxy) is 3. The highest BCUT2D eigenvalue weighted by Crippen LogP contribution is 2.29. The van der Waals surface area contributed by atoms with Gasteiger partial charge in [0.15, 0.2) is 0 Å². The van der Waals surface area contributed by atoms with Crippen molar-refractivity contribution in [2.24, 2.45) is 0 Å². The van der Waals surface area contributed by atoms with E-state index in [0.29, 0.717) is 5.56 Å². The number of carbonyl (C=O) groups is 2. The highest BCUT2D eigenvalue weighted by atomic mass is 127. The third kappa shape index (κ3) is 5.17. The maximum Gasteiger partial charge on any atom is 0.338 e. The summed E-state index contributed by atoms with van der Waals surface area (Å²) in [6.07, 6.45) is 0. The number of halogens is 1. The van der Waals surface area contributed by atoms with Gasteiger partial charge in [0.25, 0.3) is 0 Å². The molecule has 0 unspecified atom stereocenters. The zero-order valence-corrected chi connectivity index (χ0v) is 17.5. The SMILES string of the molecule is COC(=O)c1c(C)c(I)c(C)c(COCC(=O)OC(C)(C)C)c1C. The fourth-order valence-corrected chi connectivity index (χ4v) is 3.06. The van der Waals surface area contributed by atoms with Crippen LogP contribution in [0, 0.1) is 24.3 Å². The van der Waals surface area contributed by atoms with Crippen LogP contribution >= 0.6 is 22.6 Å². The van der Waals surface area contributed by atoms with Crippen molar-refractivity contribution in [3.05, 3.63) is 31.4 Å². The summed E-state index contributed by atoms with van der Waals surface area (Å²) < 4.78 is 16.6. The van der Waals surface area contributed by atoms with Crippen molar-refractivity contribution in [1.82, 2.24) is 0 Å². The molecule has 1 aromatic rings.